The average molecular weight is 1850 g/mol. The van der Waals surface area contributed by atoms with E-state index >= 15 is 0 Å². The van der Waals surface area contributed by atoms with Crippen LogP contribution >= 0.6 is 31.9 Å². The molecule has 0 aliphatic carbocycles. The van der Waals surface area contributed by atoms with Gasteiger partial charge in [-0.05, 0) is 190 Å². The molecule has 0 radical (unpaired) electrons. The summed E-state index contributed by atoms with van der Waals surface area (Å²) < 4.78 is 55.8. The van der Waals surface area contributed by atoms with Crippen LogP contribution in [0.2, 0.25) is 0 Å². The van der Waals surface area contributed by atoms with E-state index in [2.05, 4.69) is 251 Å². The fraction of sp³-hybridized carbons (Fsp3) is 0.481. The molecule has 0 saturated heterocycles. The molecule has 0 saturated carbocycles. The molecule has 0 aliphatic heterocycles. The summed E-state index contributed by atoms with van der Waals surface area (Å²) in [7, 11) is 5.08. The number of ether oxygens (including phenoxy) is 3. The number of rotatable bonds is 57. The van der Waals surface area contributed by atoms with Crippen molar-refractivity contribution in [2.24, 2.45) is 0 Å². The third-order valence-electron chi connectivity index (χ3n) is 21.4. The zero-order chi connectivity index (χ0) is 91.3. The highest BCUT2D eigenvalue weighted by Gasteiger charge is 2.30. The molecule has 0 aromatic heterocycles. The van der Waals surface area contributed by atoms with Crippen molar-refractivity contribution < 1.29 is 32.3 Å². The van der Waals surface area contributed by atoms with E-state index in [1.54, 1.807) is 45.6 Å². The molecule has 8 aromatic carbocycles. The maximum Gasteiger partial charge on any atom is 0.416 e. The molecule has 8 aromatic rings. The number of benzene rings is 8. The van der Waals surface area contributed by atoms with Crippen LogP contribution in [0.3, 0.4) is 0 Å². The van der Waals surface area contributed by atoms with Gasteiger partial charge in [-0.3, -0.25) is 29.7 Å². The molecular weight excluding hydrogens is 1690 g/mol. The fourth-order valence-electron chi connectivity index (χ4n) is 14.2. The summed E-state index contributed by atoms with van der Waals surface area (Å²) >= 11 is 6.99. The molecule has 125 heavy (non-hydrogen) atoms. The molecule has 0 fully saturated rings. The fourth-order valence-corrected chi connectivity index (χ4v) is 14.9. The van der Waals surface area contributed by atoms with Crippen LogP contribution in [0.1, 0.15) is 247 Å². The maximum absolute atomic E-state index is 12.5. The number of nitrogens with zero attached hydrogens (tertiary/aromatic N) is 7. The Morgan fingerprint density at radius 2 is 0.664 bits per heavy atom. The topological polar surface area (TPSA) is 90.3 Å². The predicted octanol–water partition coefficient (Wildman–Crippen LogP) is 30.7. The molecule has 17 heteroatoms. The lowest BCUT2D eigenvalue weighted by atomic mass is 10.1. The third kappa shape index (κ3) is 52.6. The molecule has 0 spiro atoms. The first-order chi connectivity index (χ1) is 60.6. The van der Waals surface area contributed by atoms with Gasteiger partial charge < -0.3 is 24.0 Å². The molecule has 0 N–H and O–H groups in total. The van der Waals surface area contributed by atoms with Gasteiger partial charge in [-0.1, -0.05) is 316 Å². The normalized spacial score (nSPS) is 10.9. The van der Waals surface area contributed by atoms with Gasteiger partial charge in [0, 0.05) is 117 Å². The summed E-state index contributed by atoms with van der Waals surface area (Å²) in [5, 5.41) is 10.8. The quantitative estimate of drug-likeness (QED) is 0.0158. The van der Waals surface area contributed by atoms with Crippen molar-refractivity contribution in [1.82, 2.24) is 19.6 Å². The Morgan fingerprint density at radius 1 is 0.344 bits per heavy atom. The highest BCUT2D eigenvalue weighted by molar-refractivity contribution is 9.10. The van der Waals surface area contributed by atoms with Gasteiger partial charge in [0.2, 0.25) is 0 Å². The Hall–Kier alpha value is -8.29. The summed E-state index contributed by atoms with van der Waals surface area (Å²) in [5.74, 6) is 2.64. The molecule has 0 unspecified atom stereocenters. The Labute approximate surface area is 772 Å². The van der Waals surface area contributed by atoms with Crippen LogP contribution in [0.15, 0.2) is 254 Å². The number of methoxy groups -OCH3 is 3. The van der Waals surface area contributed by atoms with E-state index in [-0.39, 0.29) is 10.6 Å². The average Bonchev–Trinajstić information content (AvgIpc) is 0.859. The number of anilines is 2. The van der Waals surface area contributed by atoms with E-state index in [0.717, 1.165) is 153 Å². The lowest BCUT2D eigenvalue weighted by Crippen LogP contribution is -2.24. The highest BCUT2D eigenvalue weighted by Crippen LogP contribution is 2.31. The van der Waals surface area contributed by atoms with Gasteiger partial charge >= 0.3 is 6.18 Å². The number of halogens is 5. The van der Waals surface area contributed by atoms with Gasteiger partial charge in [-0.25, -0.2) is 0 Å². The zero-order valence-electron chi connectivity index (χ0n) is 78.2. The predicted molar refractivity (Wildman–Crippen MR) is 536 cm³/mol. The van der Waals surface area contributed by atoms with Crippen molar-refractivity contribution in [2.75, 3.05) is 96.6 Å². The van der Waals surface area contributed by atoms with E-state index in [0.29, 0.717) is 6.54 Å². The number of aryl methyl sites for hydroxylation is 1. The SMILES string of the molecule is C=CCN(CCCCC)Cc1cccc(Br)c1.C=CCN(CCCCCC)Cc1ccc(Br)cc1.C=CCN(CCCCCC)Cc1ccc(C)cc1.C=CCN(CCCCCCC)Cc1ccc(C(F)(F)F)cc1.CCCCCCCCN(Cc1ccc([N+](=O)[O-])cc1)c1ccc(OC)cc1.CCCCCN(Cc1ccc(OC)cc1)c1cccc(OC)c1. The van der Waals surface area contributed by atoms with E-state index in [1.165, 1.54) is 194 Å². The van der Waals surface area contributed by atoms with Gasteiger partial charge in [0.05, 0.1) is 31.8 Å². The van der Waals surface area contributed by atoms with Crippen molar-refractivity contribution in [3.63, 3.8) is 0 Å². The summed E-state index contributed by atoms with van der Waals surface area (Å²) in [6, 6.07) is 62.9. The number of hydrogen-bond acceptors (Lipinski definition) is 11. The summed E-state index contributed by atoms with van der Waals surface area (Å²) in [6.45, 7) is 46.4. The second-order valence-corrected chi connectivity index (χ2v) is 34.1. The number of hydrogen-bond donors (Lipinski definition) is 0. The first-order valence-corrected chi connectivity index (χ1v) is 47.9. The smallest absolute Gasteiger partial charge is 0.416 e. The van der Waals surface area contributed by atoms with Crippen LogP contribution in [0.5, 0.6) is 17.2 Å². The molecule has 12 nitrogen and oxygen atoms in total. The van der Waals surface area contributed by atoms with Crippen molar-refractivity contribution >= 4 is 48.9 Å². The third-order valence-corrected chi connectivity index (χ3v) is 22.4. The molecule has 0 amide bonds. The van der Waals surface area contributed by atoms with E-state index in [4.69, 9.17) is 14.2 Å². The zero-order valence-corrected chi connectivity index (χ0v) is 81.3. The Kier molecular flexibility index (Phi) is 62.8. The van der Waals surface area contributed by atoms with Crippen LogP contribution in [0.25, 0.3) is 0 Å². The van der Waals surface area contributed by atoms with Gasteiger partial charge in [-0.2, -0.15) is 13.2 Å². The largest absolute Gasteiger partial charge is 0.497 e. The van der Waals surface area contributed by atoms with Crippen molar-refractivity contribution in [3.05, 3.63) is 308 Å². The van der Waals surface area contributed by atoms with Crippen LogP contribution in [0.4, 0.5) is 30.2 Å². The van der Waals surface area contributed by atoms with Crippen LogP contribution in [-0.4, -0.2) is 111 Å². The first-order valence-electron chi connectivity index (χ1n) is 46.3. The standard InChI is InChI=1S/C22H30N2O3.C20H27NO2.C18H26F3N.C17H27N.C16H24BrN.C15H22BrN/c1-3-4-5-6-7-8-17-23(20-13-15-22(27-2)16-14-20)18-19-9-11-21(12-10-19)24(25)26;1-4-5-6-14-21(18-8-7-9-20(15-18)23-3)16-17-10-12-19(22-2)13-11-17;1-3-5-6-7-8-14-22(13-4-2)15-16-9-11-17(12-10-16)18(19,20)21;1-4-6-7-8-14-18(13-5-2)15-17-11-9-16(3)10-12-17;1-3-5-6-7-13-18(12-4-2)14-15-8-10-16(17)11-9-15;1-3-5-6-11-17(10-4-2)13-14-8-7-9-15(16)12-14/h9-16H,3-8,17-18H2,1-2H3;7-13,15H,4-6,14,16H2,1-3H3;4,9-12H,2-3,5-8,13-15H2,1H3;5,9-12H,2,4,6-8,13-15H2,1,3H3;4,8-11H,2-3,5-7,12-14H2,1H3;4,7-9,12H,2-3,5-6,10-11,13H2,1H3. The molecule has 0 heterocycles. The number of alkyl halides is 3. The van der Waals surface area contributed by atoms with Gasteiger partial charge in [0.25, 0.3) is 5.69 Å². The van der Waals surface area contributed by atoms with Gasteiger partial charge in [0.1, 0.15) is 17.2 Å². The highest BCUT2D eigenvalue weighted by atomic mass is 79.9. The minimum Gasteiger partial charge on any atom is -0.497 e. The first kappa shape index (κ1) is 111. The number of non-ortho nitro benzene ring substituents is 1. The summed E-state index contributed by atoms with van der Waals surface area (Å²) in [6.07, 6.45) is 35.3. The van der Waals surface area contributed by atoms with Crippen molar-refractivity contribution in [3.8, 4) is 17.2 Å². The lowest BCUT2D eigenvalue weighted by molar-refractivity contribution is -0.384. The molecule has 0 bridgehead atoms. The maximum atomic E-state index is 12.5. The second-order valence-electron chi connectivity index (χ2n) is 32.3. The molecule has 0 aliphatic rings. The Morgan fingerprint density at radius 3 is 1.06 bits per heavy atom. The lowest BCUT2D eigenvalue weighted by Gasteiger charge is -2.25. The van der Waals surface area contributed by atoms with Crippen molar-refractivity contribution in [1.29, 1.82) is 0 Å². The second kappa shape index (κ2) is 70.7. The van der Waals surface area contributed by atoms with Crippen LogP contribution in [0, 0.1) is 17.0 Å². The number of unbranched alkanes of at least 4 members (excludes halogenated alkanes) is 19. The Balaban J connectivity index is 0.000000390. The van der Waals surface area contributed by atoms with Crippen LogP contribution < -0.4 is 24.0 Å². The monoisotopic (exact) mass is 1850 g/mol. The number of nitro benzene ring substituents is 1. The molecular formula is C108H156Br2F3N7O5. The van der Waals surface area contributed by atoms with E-state index < -0.39 is 11.7 Å². The van der Waals surface area contributed by atoms with E-state index in [9.17, 15) is 23.3 Å². The molecule has 8 rings (SSSR count). The van der Waals surface area contributed by atoms with Crippen molar-refractivity contribution in [2.45, 2.75) is 254 Å². The van der Waals surface area contributed by atoms with Gasteiger partial charge in [0.15, 0.2) is 0 Å². The molecule has 688 valence electrons. The van der Waals surface area contributed by atoms with Gasteiger partial charge in [-0.15, -0.1) is 26.3 Å². The number of nitro groups is 1. The summed E-state index contributed by atoms with van der Waals surface area (Å²) in [4.78, 5) is 24.9. The summed E-state index contributed by atoms with van der Waals surface area (Å²) in [5.41, 5.74) is 10.6. The van der Waals surface area contributed by atoms with E-state index in [1.807, 2.05) is 66.8 Å². The minimum absolute atomic E-state index is 0.130. The van der Waals surface area contributed by atoms with Crippen LogP contribution in [-0.2, 0) is 45.4 Å². The minimum atomic E-state index is -4.27. The molecule has 0 atom stereocenters. The Bertz CT molecular complexity index is 3950.